The minimum atomic E-state index is 1.33. The molecule has 1 heteroatoms. The first kappa shape index (κ1) is 22.1. The van der Waals surface area contributed by atoms with Gasteiger partial charge in [0.1, 0.15) is 0 Å². The largest absolute Gasteiger partial charge is 0.214 e. The zero-order chi connectivity index (χ0) is 21.2. The van der Waals surface area contributed by atoms with E-state index in [0.29, 0.717) is 0 Å². The Morgan fingerprint density at radius 2 is 1.13 bits per heavy atom. The number of fused-ring (bicyclic) bond motifs is 1. The van der Waals surface area contributed by atoms with Gasteiger partial charge in [-0.05, 0) is 0 Å². The van der Waals surface area contributed by atoms with E-state index in [1.807, 2.05) is 30.3 Å². The molecule has 0 saturated carbocycles. The molecule has 0 N–H and O–H groups in total. The van der Waals surface area contributed by atoms with Crippen LogP contribution in [0.3, 0.4) is 0 Å². The summed E-state index contributed by atoms with van der Waals surface area (Å²) in [6, 6.07) is 41.9. The summed E-state index contributed by atoms with van der Waals surface area (Å²) in [6.07, 6.45) is 0. The minimum Gasteiger partial charge on any atom is -0.214 e. The maximum Gasteiger partial charge on any atom is -0.0809 e. The van der Waals surface area contributed by atoms with Crippen LogP contribution in [0.15, 0.2) is 121 Å². The van der Waals surface area contributed by atoms with Crippen LogP contribution in [0, 0.1) is 13.8 Å². The Kier molecular flexibility index (Phi) is 8.48. The van der Waals surface area contributed by atoms with Crippen LogP contribution in [-0.2, 0) is 24.2 Å². The number of rotatable bonds is 2. The van der Waals surface area contributed by atoms with Crippen molar-refractivity contribution in [2.45, 2.75) is 13.8 Å². The maximum atomic E-state index is 2.21. The molecule has 0 aliphatic rings. The second kappa shape index (κ2) is 11.5. The van der Waals surface area contributed by atoms with Crippen molar-refractivity contribution in [2.75, 3.05) is 0 Å². The van der Waals surface area contributed by atoms with Crippen LogP contribution in [0.1, 0.15) is 22.3 Å². The quantitative estimate of drug-likeness (QED) is 0.239. The molecule has 0 nitrogen and oxygen atoms in total. The molecule has 0 heterocycles. The zero-order valence-electron chi connectivity index (χ0n) is 17.5. The molecule has 30 heavy (non-hydrogen) atoms. The van der Waals surface area contributed by atoms with Gasteiger partial charge in [0.2, 0.25) is 0 Å². The Morgan fingerprint density at radius 1 is 0.600 bits per heavy atom. The van der Waals surface area contributed by atoms with Crippen molar-refractivity contribution in [1.29, 1.82) is 0 Å². The Bertz CT molecular complexity index is 1080. The summed E-state index contributed by atoms with van der Waals surface area (Å²) in [5.74, 6) is 0. The SMILES string of the molecule is Cc1ccccc1[C](=[Zr+2])c1ccccc1C.c1cc[cH-]c1.c1ccc2[cH-]ccc2c1. The third-order valence-electron chi connectivity index (χ3n) is 4.93. The van der Waals surface area contributed by atoms with Gasteiger partial charge in [0, 0.05) is 0 Å². The van der Waals surface area contributed by atoms with E-state index in [1.54, 1.807) is 0 Å². The van der Waals surface area contributed by atoms with E-state index in [9.17, 15) is 0 Å². The molecule has 0 bridgehead atoms. The van der Waals surface area contributed by atoms with Crippen LogP contribution in [0.25, 0.3) is 10.8 Å². The van der Waals surface area contributed by atoms with Gasteiger partial charge in [0.25, 0.3) is 0 Å². The van der Waals surface area contributed by atoms with Gasteiger partial charge in [0.15, 0.2) is 0 Å². The fourth-order valence-corrected chi connectivity index (χ4v) is 4.62. The smallest absolute Gasteiger partial charge is 0.0809 e. The molecule has 0 amide bonds. The van der Waals surface area contributed by atoms with Gasteiger partial charge in [-0.15, -0.1) is 29.7 Å². The molecular weight excluding hydrogens is 440 g/mol. The third kappa shape index (κ3) is 6.18. The third-order valence-corrected chi connectivity index (χ3v) is 6.26. The van der Waals surface area contributed by atoms with Gasteiger partial charge in [-0.2, -0.15) is 35.7 Å². The van der Waals surface area contributed by atoms with E-state index in [1.165, 1.54) is 60.5 Å². The molecule has 0 unspecified atom stereocenters. The summed E-state index contributed by atoms with van der Waals surface area (Å²) in [6.45, 7) is 4.36. The second-order valence-electron chi connectivity index (χ2n) is 7.12. The first-order valence-corrected chi connectivity index (χ1v) is 11.4. The van der Waals surface area contributed by atoms with Gasteiger partial charge in [0.05, 0.1) is 0 Å². The van der Waals surface area contributed by atoms with E-state index >= 15 is 0 Å². The molecule has 0 aromatic heterocycles. The van der Waals surface area contributed by atoms with Crippen LogP contribution >= 0.6 is 0 Å². The summed E-state index contributed by atoms with van der Waals surface area (Å²) in [4.78, 5) is 0. The first-order valence-electron chi connectivity index (χ1n) is 10.1. The minimum absolute atomic E-state index is 1.33. The molecule has 0 aliphatic carbocycles. The molecule has 146 valence electrons. The number of benzene rings is 3. The fraction of sp³-hybridized carbons (Fsp3) is 0.0690. The molecule has 0 fully saturated rings. The van der Waals surface area contributed by atoms with Crippen molar-refractivity contribution in [3.05, 3.63) is 144 Å². The average molecular weight is 466 g/mol. The standard InChI is InChI=1S/C15H14.C9H7.C5H5.Zr/c1-12-7-3-5-9-14(12)11-15-10-6-4-8-13(15)2;1-2-5-9-7-3-6-8(9)4-1;1-2-4-5-3-1;/h3-10H,1-2H3;1-7H;1-5H;/q;2*-1;+2. The summed E-state index contributed by atoms with van der Waals surface area (Å²) in [7, 11) is 0. The molecule has 0 saturated heterocycles. The monoisotopic (exact) mass is 464 g/mol. The van der Waals surface area contributed by atoms with E-state index in [0.717, 1.165) is 0 Å². The molecule has 5 rings (SSSR count). The van der Waals surface area contributed by atoms with Crippen molar-refractivity contribution in [3.8, 4) is 0 Å². The molecule has 0 radical (unpaired) electrons. The maximum absolute atomic E-state index is 2.21. The van der Waals surface area contributed by atoms with Crippen LogP contribution in [0.2, 0.25) is 0 Å². The molecule has 5 aromatic rings. The Hall–Kier alpha value is -2.63. The predicted octanol–water partition coefficient (Wildman–Crippen LogP) is 7.38. The van der Waals surface area contributed by atoms with Crippen molar-refractivity contribution in [1.82, 2.24) is 0 Å². The number of hydrogen-bond donors (Lipinski definition) is 0. The van der Waals surface area contributed by atoms with Gasteiger partial charge in [-0.1, -0.05) is 6.07 Å². The van der Waals surface area contributed by atoms with Gasteiger partial charge < -0.3 is 0 Å². The average Bonchev–Trinajstić information content (AvgIpc) is 3.49. The van der Waals surface area contributed by atoms with Crippen molar-refractivity contribution in [3.63, 3.8) is 0 Å². The van der Waals surface area contributed by atoms with E-state index < -0.39 is 0 Å². The Labute approximate surface area is 194 Å². The van der Waals surface area contributed by atoms with Crippen LogP contribution < -0.4 is 0 Å². The van der Waals surface area contributed by atoms with Gasteiger partial charge >= 0.3 is 112 Å². The van der Waals surface area contributed by atoms with Crippen LogP contribution in [-0.4, -0.2) is 3.21 Å². The van der Waals surface area contributed by atoms with Crippen LogP contribution in [0.4, 0.5) is 0 Å². The van der Waals surface area contributed by atoms with Crippen molar-refractivity contribution >= 4 is 14.0 Å². The Morgan fingerprint density at radius 3 is 1.63 bits per heavy atom. The molecule has 0 aliphatic heterocycles. The second-order valence-corrected chi connectivity index (χ2v) is 8.35. The van der Waals surface area contributed by atoms with E-state index in [4.69, 9.17) is 0 Å². The normalized spacial score (nSPS) is 9.87. The predicted molar refractivity (Wildman–Crippen MR) is 127 cm³/mol. The first-order chi connectivity index (χ1) is 14.7. The summed E-state index contributed by atoms with van der Waals surface area (Å²) in [5, 5.41) is 2.66. The molecule has 0 spiro atoms. The van der Waals surface area contributed by atoms with Crippen molar-refractivity contribution in [2.24, 2.45) is 0 Å². The van der Waals surface area contributed by atoms with Crippen LogP contribution in [0.5, 0.6) is 0 Å². The summed E-state index contributed by atoms with van der Waals surface area (Å²) in [5.41, 5.74) is 5.49. The summed E-state index contributed by atoms with van der Waals surface area (Å²) < 4.78 is 1.45. The topological polar surface area (TPSA) is 0 Å². The molecule has 5 aromatic carbocycles. The van der Waals surface area contributed by atoms with E-state index in [2.05, 4.69) is 105 Å². The summed E-state index contributed by atoms with van der Waals surface area (Å²) >= 11 is 1.47. The van der Waals surface area contributed by atoms with Crippen molar-refractivity contribution < 1.29 is 24.2 Å². The number of aryl methyl sites for hydroxylation is 2. The molecule has 0 atom stereocenters. The number of hydrogen-bond acceptors (Lipinski definition) is 0. The molecular formula is C29H26Zr. The van der Waals surface area contributed by atoms with Gasteiger partial charge in [-0.25, -0.2) is 12.1 Å². The van der Waals surface area contributed by atoms with Gasteiger partial charge in [-0.3, -0.25) is 0 Å². The van der Waals surface area contributed by atoms with E-state index in [-0.39, 0.29) is 0 Å². The zero-order valence-corrected chi connectivity index (χ0v) is 20.0. The fourth-order valence-electron chi connectivity index (χ4n) is 3.24. The Balaban J connectivity index is 0.000000151.